The number of fused-ring (bicyclic) bond motifs is 3. The predicted octanol–water partition coefficient (Wildman–Crippen LogP) is 3.18. The summed E-state index contributed by atoms with van der Waals surface area (Å²) in [6, 6.07) is 4.97. The highest BCUT2D eigenvalue weighted by Gasteiger charge is 2.29. The van der Waals surface area contributed by atoms with E-state index in [1.165, 1.54) is 49.9 Å². The molecule has 3 heteroatoms. The van der Waals surface area contributed by atoms with Gasteiger partial charge in [0.05, 0.1) is 14.2 Å². The fraction of sp³-hybridized carbons (Fsp3) is 0.625. The van der Waals surface area contributed by atoms with E-state index >= 15 is 0 Å². The molecule has 3 rings (SSSR count). The Labute approximate surface area is 115 Å². The van der Waals surface area contributed by atoms with Crippen molar-refractivity contribution in [2.45, 2.75) is 38.1 Å². The summed E-state index contributed by atoms with van der Waals surface area (Å²) in [5.41, 5.74) is 2.91. The zero-order chi connectivity index (χ0) is 13.2. The Hall–Kier alpha value is -1.22. The van der Waals surface area contributed by atoms with E-state index in [1.807, 2.05) is 0 Å². The zero-order valence-electron chi connectivity index (χ0n) is 11.9. The first-order valence-corrected chi connectivity index (χ1v) is 7.32. The molecule has 0 saturated carbocycles. The maximum Gasteiger partial charge on any atom is 0.161 e. The minimum atomic E-state index is 0.589. The van der Waals surface area contributed by atoms with Crippen LogP contribution in [0, 0.1) is 0 Å². The van der Waals surface area contributed by atoms with Crippen molar-refractivity contribution < 1.29 is 9.47 Å². The molecule has 2 heterocycles. The summed E-state index contributed by atoms with van der Waals surface area (Å²) in [5.74, 6) is 1.73. The van der Waals surface area contributed by atoms with E-state index in [0.717, 1.165) is 17.9 Å². The Morgan fingerprint density at radius 1 is 1.00 bits per heavy atom. The van der Waals surface area contributed by atoms with Crippen LogP contribution in [0.25, 0.3) is 0 Å². The first-order valence-electron chi connectivity index (χ1n) is 7.32. The molecule has 0 aliphatic carbocycles. The van der Waals surface area contributed by atoms with Crippen molar-refractivity contribution in [3.8, 4) is 11.5 Å². The van der Waals surface area contributed by atoms with Crippen molar-refractivity contribution in [1.82, 2.24) is 4.90 Å². The van der Waals surface area contributed by atoms with Gasteiger partial charge in [-0.1, -0.05) is 12.8 Å². The maximum atomic E-state index is 5.47. The molecule has 0 bridgehead atoms. The minimum Gasteiger partial charge on any atom is -0.493 e. The second-order valence-corrected chi connectivity index (χ2v) is 5.56. The van der Waals surface area contributed by atoms with Crippen molar-refractivity contribution in [2.75, 3.05) is 27.3 Å². The van der Waals surface area contributed by atoms with Crippen molar-refractivity contribution in [1.29, 1.82) is 0 Å². The van der Waals surface area contributed by atoms with Gasteiger partial charge in [-0.2, -0.15) is 0 Å². The summed E-state index contributed by atoms with van der Waals surface area (Å²) in [7, 11) is 3.43. The van der Waals surface area contributed by atoms with Gasteiger partial charge >= 0.3 is 0 Å². The molecule has 1 fully saturated rings. The molecule has 0 radical (unpaired) electrons. The van der Waals surface area contributed by atoms with Crippen LogP contribution < -0.4 is 9.47 Å². The van der Waals surface area contributed by atoms with Gasteiger partial charge in [0.15, 0.2) is 11.5 Å². The number of hydrogen-bond acceptors (Lipinski definition) is 3. The second kappa shape index (κ2) is 5.41. The molecule has 19 heavy (non-hydrogen) atoms. The molecule has 0 N–H and O–H groups in total. The molecule has 1 saturated heterocycles. The minimum absolute atomic E-state index is 0.589. The topological polar surface area (TPSA) is 21.7 Å². The lowest BCUT2D eigenvalue weighted by Crippen LogP contribution is -2.35. The summed E-state index contributed by atoms with van der Waals surface area (Å²) in [4.78, 5) is 2.65. The third kappa shape index (κ3) is 2.32. The van der Waals surface area contributed by atoms with Crippen LogP contribution in [0.3, 0.4) is 0 Å². The smallest absolute Gasteiger partial charge is 0.161 e. The Bertz CT molecular complexity index is 458. The Kier molecular flexibility index (Phi) is 3.65. The molecule has 104 valence electrons. The quantitative estimate of drug-likeness (QED) is 0.816. The lowest BCUT2D eigenvalue weighted by Gasteiger charge is -2.36. The summed E-state index contributed by atoms with van der Waals surface area (Å²) < 4.78 is 10.9. The van der Waals surface area contributed by atoms with Crippen LogP contribution in [0.5, 0.6) is 11.5 Å². The van der Waals surface area contributed by atoms with Crippen LogP contribution in [-0.4, -0.2) is 32.2 Å². The van der Waals surface area contributed by atoms with Crippen LogP contribution in [-0.2, 0) is 6.42 Å². The first-order chi connectivity index (χ1) is 9.33. The van der Waals surface area contributed by atoms with Gasteiger partial charge in [0, 0.05) is 12.6 Å². The van der Waals surface area contributed by atoms with Crippen LogP contribution in [0.2, 0.25) is 0 Å². The van der Waals surface area contributed by atoms with E-state index in [0.29, 0.717) is 6.04 Å². The number of methoxy groups -OCH3 is 2. The molecular weight excluding hydrogens is 238 g/mol. The molecular formula is C16H23NO2. The Morgan fingerprint density at radius 2 is 1.79 bits per heavy atom. The van der Waals surface area contributed by atoms with Crippen LogP contribution in [0.4, 0.5) is 0 Å². The van der Waals surface area contributed by atoms with Gasteiger partial charge in [-0.05, 0) is 49.1 Å². The number of rotatable bonds is 2. The number of hydrogen-bond donors (Lipinski definition) is 0. The standard InChI is InChI=1S/C16H23NO2/c1-18-15-10-12-7-9-17-8-5-3-4-6-14(17)13(12)11-16(15)19-2/h10-11,14H,3-9H2,1-2H3. The third-order valence-corrected chi connectivity index (χ3v) is 4.54. The molecule has 1 unspecified atom stereocenters. The predicted molar refractivity (Wildman–Crippen MR) is 76.0 cm³/mol. The lowest BCUT2D eigenvalue weighted by atomic mass is 9.90. The lowest BCUT2D eigenvalue weighted by molar-refractivity contribution is 0.188. The highest BCUT2D eigenvalue weighted by molar-refractivity contribution is 5.49. The summed E-state index contributed by atoms with van der Waals surface area (Å²) in [5, 5.41) is 0. The Morgan fingerprint density at radius 3 is 2.58 bits per heavy atom. The highest BCUT2D eigenvalue weighted by Crippen LogP contribution is 2.41. The average molecular weight is 261 g/mol. The maximum absolute atomic E-state index is 5.47. The van der Waals surface area contributed by atoms with E-state index in [9.17, 15) is 0 Å². The molecule has 0 amide bonds. The van der Waals surface area contributed by atoms with E-state index in [4.69, 9.17) is 9.47 Å². The molecule has 2 aliphatic heterocycles. The molecule has 1 aromatic rings. The number of nitrogens with zero attached hydrogens (tertiary/aromatic N) is 1. The average Bonchev–Trinajstić information content (AvgIpc) is 2.70. The van der Waals surface area contributed by atoms with Crippen LogP contribution in [0.15, 0.2) is 12.1 Å². The molecule has 1 aromatic carbocycles. The largest absolute Gasteiger partial charge is 0.493 e. The first kappa shape index (κ1) is 12.8. The summed E-state index contributed by atoms with van der Waals surface area (Å²) >= 11 is 0. The van der Waals surface area contributed by atoms with E-state index in [2.05, 4.69) is 17.0 Å². The van der Waals surface area contributed by atoms with Crippen molar-refractivity contribution >= 4 is 0 Å². The fourth-order valence-corrected chi connectivity index (χ4v) is 3.52. The zero-order valence-corrected chi connectivity index (χ0v) is 11.9. The SMILES string of the molecule is COc1cc2c(cc1OC)C1CCCCCN1CC2. The van der Waals surface area contributed by atoms with Crippen molar-refractivity contribution in [3.05, 3.63) is 23.3 Å². The fourth-order valence-electron chi connectivity index (χ4n) is 3.52. The Balaban J connectivity index is 2.00. The monoisotopic (exact) mass is 261 g/mol. The summed E-state index contributed by atoms with van der Waals surface area (Å²) in [6.07, 6.45) is 6.47. The normalized spacial score (nSPS) is 23.2. The molecule has 1 atom stereocenters. The van der Waals surface area contributed by atoms with Gasteiger partial charge in [-0.3, -0.25) is 4.90 Å². The molecule has 0 aromatic heterocycles. The van der Waals surface area contributed by atoms with Gasteiger partial charge in [0.2, 0.25) is 0 Å². The highest BCUT2D eigenvalue weighted by atomic mass is 16.5. The van der Waals surface area contributed by atoms with Gasteiger partial charge < -0.3 is 9.47 Å². The molecule has 0 spiro atoms. The third-order valence-electron chi connectivity index (χ3n) is 4.54. The van der Waals surface area contributed by atoms with E-state index in [-0.39, 0.29) is 0 Å². The van der Waals surface area contributed by atoms with Crippen molar-refractivity contribution in [2.24, 2.45) is 0 Å². The van der Waals surface area contributed by atoms with Crippen molar-refractivity contribution in [3.63, 3.8) is 0 Å². The van der Waals surface area contributed by atoms with Gasteiger partial charge in [0.1, 0.15) is 0 Å². The van der Waals surface area contributed by atoms with Crippen LogP contribution in [0.1, 0.15) is 42.9 Å². The van der Waals surface area contributed by atoms with Gasteiger partial charge in [0.25, 0.3) is 0 Å². The van der Waals surface area contributed by atoms with E-state index < -0.39 is 0 Å². The number of ether oxygens (including phenoxy) is 2. The summed E-state index contributed by atoms with van der Waals surface area (Å²) in [6.45, 7) is 2.44. The molecule has 3 nitrogen and oxygen atoms in total. The number of benzene rings is 1. The van der Waals surface area contributed by atoms with Gasteiger partial charge in [-0.25, -0.2) is 0 Å². The van der Waals surface area contributed by atoms with Crippen LogP contribution >= 0.6 is 0 Å². The van der Waals surface area contributed by atoms with Gasteiger partial charge in [-0.15, -0.1) is 0 Å². The molecule has 2 aliphatic rings. The second-order valence-electron chi connectivity index (χ2n) is 5.56. The van der Waals surface area contributed by atoms with E-state index in [1.54, 1.807) is 14.2 Å².